The van der Waals surface area contributed by atoms with Crippen molar-refractivity contribution in [1.29, 1.82) is 0 Å². The monoisotopic (exact) mass is 555 g/mol. The highest BCUT2D eigenvalue weighted by atomic mass is 79.9. The first-order valence-electron chi connectivity index (χ1n) is 10.5. The highest BCUT2D eigenvalue weighted by molar-refractivity contribution is 9.10. The summed E-state index contributed by atoms with van der Waals surface area (Å²) in [7, 11) is -4.05. The summed E-state index contributed by atoms with van der Waals surface area (Å²) in [5, 5.41) is 7.90. The molecule has 2 atom stereocenters. The maximum atomic E-state index is 11.5. The Morgan fingerprint density at radius 3 is 2.61 bits per heavy atom. The number of nitrogens with zero attached hydrogens (tertiary/aromatic N) is 2. The average molecular weight is 557 g/mol. The van der Waals surface area contributed by atoms with Crippen molar-refractivity contribution in [2.45, 2.75) is 50.9 Å². The van der Waals surface area contributed by atoms with E-state index in [1.165, 1.54) is 0 Å². The Hall–Kier alpha value is -1.90. The molecule has 3 N–H and O–H groups in total. The zero-order valence-corrected chi connectivity index (χ0v) is 21.3. The third kappa shape index (κ3) is 5.78. The first kappa shape index (κ1) is 24.2. The molecule has 2 aromatic carbocycles. The second-order valence-corrected chi connectivity index (χ2v) is 11.5. The molecule has 3 aromatic rings. The third-order valence-electron chi connectivity index (χ3n) is 5.44. The average Bonchev–Trinajstić information content (AvgIpc) is 3.40. The maximum Gasteiger partial charge on any atom is 0.328 e. The number of aromatic nitrogens is 2. The second kappa shape index (κ2) is 9.76. The van der Waals surface area contributed by atoms with Crippen LogP contribution < -0.4 is 10.1 Å². The molecule has 1 aliphatic carbocycles. The Morgan fingerprint density at radius 2 is 1.97 bits per heavy atom. The molecule has 0 amide bonds. The lowest BCUT2D eigenvalue weighted by atomic mass is 10.1. The zero-order valence-electron chi connectivity index (χ0n) is 18.0. The molecule has 0 aliphatic heterocycles. The summed E-state index contributed by atoms with van der Waals surface area (Å²) in [4.78, 5) is 23.3. The molecule has 0 saturated heterocycles. The van der Waals surface area contributed by atoms with Crippen LogP contribution >= 0.6 is 35.1 Å². The topological polar surface area (TPSA) is 118 Å². The quantitative estimate of drug-likeness (QED) is 0.298. The van der Waals surface area contributed by atoms with E-state index in [9.17, 15) is 14.4 Å². The molecule has 1 fully saturated rings. The minimum absolute atomic E-state index is 0.00665. The Bertz CT molecular complexity index is 1200. The van der Waals surface area contributed by atoms with E-state index in [1.807, 2.05) is 38.1 Å². The molecule has 0 bridgehead atoms. The molecule has 176 valence electrons. The normalized spacial score (nSPS) is 18.6. The van der Waals surface area contributed by atoms with Crippen LogP contribution in [0.5, 0.6) is 5.75 Å². The number of rotatable bonds is 7. The van der Waals surface area contributed by atoms with Gasteiger partial charge in [-0.2, -0.15) is 4.98 Å². The van der Waals surface area contributed by atoms with Crippen LogP contribution in [-0.2, 0) is 4.57 Å². The van der Waals surface area contributed by atoms with E-state index in [0.717, 1.165) is 15.7 Å². The zero-order chi connectivity index (χ0) is 23.8. The highest BCUT2D eigenvalue weighted by Gasteiger charge is 2.36. The number of benzene rings is 2. The van der Waals surface area contributed by atoms with Gasteiger partial charge in [-0.25, -0.2) is 0 Å². The smallest absolute Gasteiger partial charge is 0.328 e. The van der Waals surface area contributed by atoms with Crippen LogP contribution in [0, 0.1) is 0 Å². The predicted octanol–water partition coefficient (Wildman–Crippen LogP) is 6.12. The summed E-state index contributed by atoms with van der Waals surface area (Å²) in [6.45, 7) is 3.86. The minimum atomic E-state index is -4.05. The highest BCUT2D eigenvalue weighted by Crippen LogP contribution is 2.49. The van der Waals surface area contributed by atoms with Crippen LogP contribution in [0.4, 0.5) is 5.69 Å². The van der Waals surface area contributed by atoms with Gasteiger partial charge >= 0.3 is 7.60 Å². The molecule has 0 spiro atoms. The largest absolute Gasteiger partial charge is 0.489 e. The van der Waals surface area contributed by atoms with Crippen LogP contribution in [0.25, 0.3) is 22.8 Å². The van der Waals surface area contributed by atoms with Gasteiger partial charge in [0, 0.05) is 27.3 Å². The van der Waals surface area contributed by atoms with Gasteiger partial charge in [0.15, 0.2) is 0 Å². The summed E-state index contributed by atoms with van der Waals surface area (Å²) in [5.41, 5.74) is 1.70. The molecule has 4 rings (SSSR count). The number of hydrogen-bond donors (Lipinski definition) is 3. The van der Waals surface area contributed by atoms with Gasteiger partial charge in [0.2, 0.25) is 5.82 Å². The minimum Gasteiger partial charge on any atom is -0.489 e. The van der Waals surface area contributed by atoms with Crippen molar-refractivity contribution >= 4 is 40.8 Å². The van der Waals surface area contributed by atoms with E-state index in [2.05, 4.69) is 31.4 Å². The summed E-state index contributed by atoms with van der Waals surface area (Å²) in [6, 6.07) is 10.9. The van der Waals surface area contributed by atoms with Crippen LogP contribution in [0.2, 0.25) is 5.02 Å². The van der Waals surface area contributed by atoms with Crippen molar-refractivity contribution in [3.63, 3.8) is 0 Å². The predicted molar refractivity (Wildman–Crippen MR) is 131 cm³/mol. The number of anilines is 1. The number of halogens is 2. The molecule has 1 aromatic heterocycles. The Labute approximate surface area is 205 Å². The Kier molecular flexibility index (Phi) is 7.17. The molecule has 11 heteroatoms. The van der Waals surface area contributed by atoms with E-state index in [1.54, 1.807) is 12.1 Å². The molecule has 33 heavy (non-hydrogen) atoms. The van der Waals surface area contributed by atoms with Gasteiger partial charge in [-0.1, -0.05) is 16.8 Å². The number of nitrogens with one attached hydrogen (secondary N) is 1. The van der Waals surface area contributed by atoms with Crippen LogP contribution in [0.1, 0.15) is 33.1 Å². The van der Waals surface area contributed by atoms with Crippen LogP contribution in [-0.4, -0.2) is 37.7 Å². The van der Waals surface area contributed by atoms with Crippen molar-refractivity contribution < 1.29 is 23.6 Å². The van der Waals surface area contributed by atoms with E-state index in [4.69, 9.17) is 20.9 Å². The first-order valence-corrected chi connectivity index (χ1v) is 13.4. The van der Waals surface area contributed by atoms with Gasteiger partial charge in [0.05, 0.1) is 16.8 Å². The van der Waals surface area contributed by atoms with Gasteiger partial charge in [-0.15, -0.1) is 0 Å². The van der Waals surface area contributed by atoms with Gasteiger partial charge in [0.25, 0.3) is 5.89 Å². The van der Waals surface area contributed by atoms with Gasteiger partial charge in [-0.05, 0) is 85.4 Å². The molecular formula is C22H24BrClN3O5P. The van der Waals surface area contributed by atoms with Crippen molar-refractivity contribution in [2.24, 2.45) is 0 Å². The Balaban J connectivity index is 1.47. The number of ether oxygens (including phenoxy) is 1. The van der Waals surface area contributed by atoms with Crippen LogP contribution in [0.15, 0.2) is 45.4 Å². The summed E-state index contributed by atoms with van der Waals surface area (Å²) in [5.74, 6) is 1.37. The van der Waals surface area contributed by atoms with Crippen molar-refractivity contribution in [1.82, 2.24) is 10.1 Å². The lowest BCUT2D eigenvalue weighted by Gasteiger charge is -2.17. The first-order chi connectivity index (χ1) is 15.6. The fourth-order valence-corrected chi connectivity index (χ4v) is 5.56. The van der Waals surface area contributed by atoms with Gasteiger partial charge < -0.3 is 24.4 Å². The molecule has 1 heterocycles. The molecule has 0 radical (unpaired) electrons. The number of hydrogen-bond acceptors (Lipinski definition) is 6. The standard InChI is InChI=1S/C22H24BrClN3O5P/c1-12(2)31-20-8-4-13(10-18(20)24)21-26-22(32-27-21)14-3-7-19(17(23)9-14)25-15-5-6-16(11-15)33(28,29)30/h3-4,7-10,12,15-16,25H,5-6,11H2,1-2H3,(H2,28,29,30)/t15-,16-/m1/s1. The molecule has 0 unspecified atom stereocenters. The Morgan fingerprint density at radius 1 is 1.21 bits per heavy atom. The van der Waals surface area contributed by atoms with Gasteiger partial charge in [0.1, 0.15) is 5.75 Å². The van der Waals surface area contributed by atoms with E-state index >= 15 is 0 Å². The third-order valence-corrected chi connectivity index (χ3v) is 7.81. The fraction of sp³-hybridized carbons (Fsp3) is 0.364. The fourth-order valence-electron chi connectivity index (χ4n) is 3.83. The van der Waals surface area contributed by atoms with Crippen LogP contribution in [0.3, 0.4) is 0 Å². The van der Waals surface area contributed by atoms with Crippen molar-refractivity contribution in [3.05, 3.63) is 45.9 Å². The van der Waals surface area contributed by atoms with Crippen molar-refractivity contribution in [3.8, 4) is 28.6 Å². The van der Waals surface area contributed by atoms with E-state index in [-0.39, 0.29) is 12.1 Å². The molecule has 1 saturated carbocycles. The van der Waals surface area contributed by atoms with E-state index in [0.29, 0.717) is 47.3 Å². The summed E-state index contributed by atoms with van der Waals surface area (Å²) in [6.07, 6.45) is 1.68. The lowest BCUT2D eigenvalue weighted by molar-refractivity contribution is 0.242. The van der Waals surface area contributed by atoms with E-state index < -0.39 is 13.3 Å². The van der Waals surface area contributed by atoms with Gasteiger partial charge in [-0.3, -0.25) is 4.57 Å². The molecule has 8 nitrogen and oxygen atoms in total. The second-order valence-electron chi connectivity index (χ2n) is 8.33. The summed E-state index contributed by atoms with van der Waals surface area (Å²) >= 11 is 9.88. The van der Waals surface area contributed by atoms with Crippen molar-refractivity contribution in [2.75, 3.05) is 5.32 Å². The maximum absolute atomic E-state index is 11.5. The molecule has 1 aliphatic rings. The lowest BCUT2D eigenvalue weighted by Crippen LogP contribution is -2.17. The summed E-state index contributed by atoms with van der Waals surface area (Å²) < 4.78 is 23.4. The SMILES string of the molecule is CC(C)Oc1ccc(-c2noc(-c3ccc(N[C@@H]4CC[C@@H](P(=O)(O)O)C4)c(Br)c3)n2)cc1Cl. The molecular weight excluding hydrogens is 533 g/mol.